The maximum Gasteiger partial charge on any atom is 0.0371 e. The number of hydrogen-bond acceptors (Lipinski definition) is 2. The average Bonchev–Trinajstić information content (AvgIpc) is 3.14. The molecule has 2 heteroatoms. The molecule has 0 bridgehead atoms. The molecule has 1 aromatic rings. The number of anilines is 1. The fourth-order valence-electron chi connectivity index (χ4n) is 2.10. The van der Waals surface area contributed by atoms with E-state index in [0.29, 0.717) is 6.54 Å². The maximum atomic E-state index is 5.69. The molecule has 2 N–H and O–H groups in total. The fraction of sp³-hybridized carbons (Fsp3) is 0.571. The molecule has 0 spiro atoms. The smallest absolute Gasteiger partial charge is 0.0371 e. The fourth-order valence-corrected chi connectivity index (χ4v) is 2.10. The number of hydrogen-bond donors (Lipinski definition) is 1. The summed E-state index contributed by atoms with van der Waals surface area (Å²) < 4.78 is 0. The third-order valence-electron chi connectivity index (χ3n) is 3.22. The normalized spacial score (nSPS) is 15.1. The molecule has 1 aromatic carbocycles. The minimum atomic E-state index is 0.639. The molecule has 2 rings (SSSR count). The Hall–Kier alpha value is -1.02. The second kappa shape index (κ2) is 5.35. The highest BCUT2D eigenvalue weighted by molar-refractivity contribution is 5.50. The molecule has 0 atom stereocenters. The highest BCUT2D eigenvalue weighted by Crippen LogP contribution is 2.32. The molecule has 1 saturated carbocycles. The van der Waals surface area contributed by atoms with Crippen molar-refractivity contribution in [1.82, 2.24) is 0 Å². The Labute approximate surface area is 98.4 Å². The van der Waals surface area contributed by atoms with E-state index in [0.717, 1.165) is 6.04 Å². The van der Waals surface area contributed by atoms with Crippen molar-refractivity contribution in [2.75, 3.05) is 11.4 Å². The van der Waals surface area contributed by atoms with E-state index in [2.05, 4.69) is 36.1 Å². The molecule has 0 amide bonds. The maximum absolute atomic E-state index is 5.69. The van der Waals surface area contributed by atoms with Crippen LogP contribution in [-0.2, 0) is 6.54 Å². The molecule has 0 saturated heterocycles. The van der Waals surface area contributed by atoms with E-state index in [1.54, 1.807) is 0 Å². The van der Waals surface area contributed by atoms with E-state index in [4.69, 9.17) is 5.73 Å². The van der Waals surface area contributed by atoms with E-state index in [9.17, 15) is 0 Å². The highest BCUT2D eigenvalue weighted by atomic mass is 15.2. The van der Waals surface area contributed by atoms with Gasteiger partial charge in [-0.05, 0) is 37.0 Å². The Bertz CT molecular complexity index is 331. The molecular weight excluding hydrogens is 196 g/mol. The van der Waals surface area contributed by atoms with Crippen LogP contribution in [0.15, 0.2) is 24.3 Å². The van der Waals surface area contributed by atoms with Gasteiger partial charge < -0.3 is 10.6 Å². The zero-order chi connectivity index (χ0) is 11.4. The molecule has 16 heavy (non-hydrogen) atoms. The van der Waals surface area contributed by atoms with E-state index in [1.807, 2.05) is 0 Å². The lowest BCUT2D eigenvalue weighted by Crippen LogP contribution is -2.26. The van der Waals surface area contributed by atoms with Crippen LogP contribution in [0.4, 0.5) is 5.69 Å². The third-order valence-corrected chi connectivity index (χ3v) is 3.22. The lowest BCUT2D eigenvalue weighted by molar-refractivity contribution is 0.712. The second-order valence-corrected chi connectivity index (χ2v) is 4.65. The van der Waals surface area contributed by atoms with Crippen molar-refractivity contribution in [1.29, 1.82) is 0 Å². The van der Waals surface area contributed by atoms with E-state index < -0.39 is 0 Å². The molecule has 0 aliphatic heterocycles. The molecule has 0 aromatic heterocycles. The van der Waals surface area contributed by atoms with Crippen molar-refractivity contribution < 1.29 is 0 Å². The SMILES string of the molecule is CCCCN(c1cccc(CN)c1)C1CC1. The Kier molecular flexibility index (Phi) is 3.83. The Morgan fingerprint density at radius 3 is 2.81 bits per heavy atom. The van der Waals surface area contributed by atoms with Crippen LogP contribution in [0.25, 0.3) is 0 Å². The monoisotopic (exact) mass is 218 g/mol. The van der Waals surface area contributed by atoms with E-state index in [1.165, 1.54) is 43.5 Å². The molecule has 1 aliphatic carbocycles. The molecule has 0 heterocycles. The summed E-state index contributed by atoms with van der Waals surface area (Å²) >= 11 is 0. The first-order valence-electron chi connectivity index (χ1n) is 6.40. The van der Waals surface area contributed by atoms with Crippen molar-refractivity contribution in [3.63, 3.8) is 0 Å². The molecule has 1 fully saturated rings. The zero-order valence-corrected chi connectivity index (χ0v) is 10.2. The Morgan fingerprint density at radius 1 is 1.38 bits per heavy atom. The van der Waals surface area contributed by atoms with Gasteiger partial charge in [-0.3, -0.25) is 0 Å². The second-order valence-electron chi connectivity index (χ2n) is 4.65. The summed E-state index contributed by atoms with van der Waals surface area (Å²) in [7, 11) is 0. The van der Waals surface area contributed by atoms with Gasteiger partial charge in [0.15, 0.2) is 0 Å². The Morgan fingerprint density at radius 2 is 2.19 bits per heavy atom. The molecule has 1 aliphatic rings. The van der Waals surface area contributed by atoms with Gasteiger partial charge in [-0.15, -0.1) is 0 Å². The summed E-state index contributed by atoms with van der Waals surface area (Å²) in [5.41, 5.74) is 8.29. The van der Waals surface area contributed by atoms with E-state index >= 15 is 0 Å². The van der Waals surface area contributed by atoms with Crippen molar-refractivity contribution in [3.8, 4) is 0 Å². The van der Waals surface area contributed by atoms with Gasteiger partial charge in [-0.2, -0.15) is 0 Å². The first kappa shape index (κ1) is 11.5. The Balaban J connectivity index is 2.10. The van der Waals surface area contributed by atoms with Crippen LogP contribution in [0.1, 0.15) is 38.2 Å². The van der Waals surface area contributed by atoms with Crippen molar-refractivity contribution in [2.45, 2.75) is 45.2 Å². The third kappa shape index (κ3) is 2.76. The lowest BCUT2D eigenvalue weighted by atomic mass is 10.1. The van der Waals surface area contributed by atoms with Crippen LogP contribution < -0.4 is 10.6 Å². The first-order chi connectivity index (χ1) is 7.85. The first-order valence-corrected chi connectivity index (χ1v) is 6.40. The van der Waals surface area contributed by atoms with Gasteiger partial charge in [-0.1, -0.05) is 25.5 Å². The predicted octanol–water partition coefficient (Wildman–Crippen LogP) is 2.91. The minimum Gasteiger partial charge on any atom is -0.369 e. The van der Waals surface area contributed by atoms with Crippen LogP contribution in [0.2, 0.25) is 0 Å². The van der Waals surface area contributed by atoms with Gasteiger partial charge in [0.05, 0.1) is 0 Å². The number of rotatable bonds is 6. The van der Waals surface area contributed by atoms with Gasteiger partial charge in [0.25, 0.3) is 0 Å². The summed E-state index contributed by atoms with van der Waals surface area (Å²) in [6.07, 6.45) is 5.26. The zero-order valence-electron chi connectivity index (χ0n) is 10.2. The van der Waals surface area contributed by atoms with Crippen molar-refractivity contribution >= 4 is 5.69 Å². The van der Waals surface area contributed by atoms with Crippen LogP contribution in [0.5, 0.6) is 0 Å². The summed E-state index contributed by atoms with van der Waals surface area (Å²) in [5, 5.41) is 0. The van der Waals surface area contributed by atoms with Crippen LogP contribution in [0.3, 0.4) is 0 Å². The quantitative estimate of drug-likeness (QED) is 0.795. The summed E-state index contributed by atoms with van der Waals surface area (Å²) in [6, 6.07) is 9.48. The number of benzene rings is 1. The van der Waals surface area contributed by atoms with Gasteiger partial charge in [0.1, 0.15) is 0 Å². The van der Waals surface area contributed by atoms with Crippen molar-refractivity contribution in [3.05, 3.63) is 29.8 Å². The molecule has 88 valence electrons. The molecule has 0 radical (unpaired) electrons. The minimum absolute atomic E-state index is 0.639. The largest absolute Gasteiger partial charge is 0.369 e. The topological polar surface area (TPSA) is 29.3 Å². The number of nitrogens with zero attached hydrogens (tertiary/aromatic N) is 1. The molecule has 0 unspecified atom stereocenters. The average molecular weight is 218 g/mol. The van der Waals surface area contributed by atoms with Crippen LogP contribution in [-0.4, -0.2) is 12.6 Å². The van der Waals surface area contributed by atoms with Gasteiger partial charge in [0, 0.05) is 24.8 Å². The van der Waals surface area contributed by atoms with Crippen molar-refractivity contribution in [2.24, 2.45) is 5.73 Å². The highest BCUT2D eigenvalue weighted by Gasteiger charge is 2.28. The summed E-state index contributed by atoms with van der Waals surface area (Å²) in [4.78, 5) is 2.56. The van der Waals surface area contributed by atoms with Crippen LogP contribution in [0, 0.1) is 0 Å². The van der Waals surface area contributed by atoms with Crippen LogP contribution >= 0.6 is 0 Å². The number of nitrogens with two attached hydrogens (primary N) is 1. The van der Waals surface area contributed by atoms with Gasteiger partial charge in [-0.25, -0.2) is 0 Å². The summed E-state index contributed by atoms with van der Waals surface area (Å²) in [6.45, 7) is 4.08. The summed E-state index contributed by atoms with van der Waals surface area (Å²) in [5.74, 6) is 0. The number of unbranched alkanes of at least 4 members (excludes halogenated alkanes) is 1. The molecule has 2 nitrogen and oxygen atoms in total. The standard InChI is InChI=1S/C14H22N2/c1-2-3-9-16(13-7-8-13)14-6-4-5-12(10-14)11-15/h4-6,10,13H,2-3,7-9,11,15H2,1H3. The van der Waals surface area contributed by atoms with E-state index in [-0.39, 0.29) is 0 Å². The molecular formula is C14H22N2. The van der Waals surface area contributed by atoms with Gasteiger partial charge in [0.2, 0.25) is 0 Å². The van der Waals surface area contributed by atoms with Gasteiger partial charge >= 0.3 is 0 Å². The predicted molar refractivity (Wildman–Crippen MR) is 69.6 cm³/mol. The lowest BCUT2D eigenvalue weighted by Gasteiger charge is -2.25.